The Bertz CT molecular complexity index is 1270. The van der Waals surface area contributed by atoms with Gasteiger partial charge in [-0.15, -0.1) is 0 Å². The average Bonchev–Trinajstić information content (AvgIpc) is 3.27. The molecule has 3 aromatic rings. The van der Waals surface area contributed by atoms with Crippen LogP contribution in [-0.2, 0) is 36.7 Å². The standard InChI is InChI=1S/C32H43N3O4/c1-6-7-12-35-29-10-8-25(31(4,23(2)36)33-13-17-38-18-14-33)21-27(29)28-22-26(9-11-30(28)35)32(5,24(3)37)34-15-19-39-20-16-34/h8-11,21-22H,6-7,12-20H2,1-5H3. The van der Waals surface area contributed by atoms with Gasteiger partial charge in [0.2, 0.25) is 0 Å². The molecule has 2 fully saturated rings. The van der Waals surface area contributed by atoms with Crippen LogP contribution in [0.2, 0.25) is 0 Å². The molecule has 0 saturated carbocycles. The maximum absolute atomic E-state index is 13.2. The number of ketones is 2. The van der Waals surface area contributed by atoms with Crippen molar-refractivity contribution in [2.45, 2.75) is 65.1 Å². The Balaban J connectivity index is 1.71. The number of benzene rings is 2. The lowest BCUT2D eigenvalue weighted by Crippen LogP contribution is -2.53. The molecule has 2 aliphatic heterocycles. The fourth-order valence-corrected chi connectivity index (χ4v) is 6.50. The number of aromatic nitrogens is 1. The summed E-state index contributed by atoms with van der Waals surface area (Å²) in [4.78, 5) is 30.9. The van der Waals surface area contributed by atoms with Crippen LogP contribution in [0.15, 0.2) is 36.4 Å². The lowest BCUT2D eigenvalue weighted by molar-refractivity contribution is -0.132. The Morgan fingerprint density at radius 1 is 0.744 bits per heavy atom. The number of ether oxygens (including phenoxy) is 2. The first-order valence-electron chi connectivity index (χ1n) is 14.5. The molecule has 5 rings (SSSR count). The Morgan fingerprint density at radius 2 is 1.15 bits per heavy atom. The lowest BCUT2D eigenvalue weighted by Gasteiger charge is -2.42. The van der Waals surface area contributed by atoms with E-state index >= 15 is 0 Å². The van der Waals surface area contributed by atoms with Crippen molar-refractivity contribution in [1.29, 1.82) is 0 Å². The fraction of sp³-hybridized carbons (Fsp3) is 0.562. The highest BCUT2D eigenvalue weighted by molar-refractivity contribution is 6.09. The van der Waals surface area contributed by atoms with E-state index in [1.807, 2.05) is 0 Å². The molecule has 0 radical (unpaired) electrons. The van der Waals surface area contributed by atoms with Gasteiger partial charge >= 0.3 is 0 Å². The SMILES string of the molecule is CCCCn1c2ccc(C(C)(C(C)=O)N3CCOCC3)cc2c2cc(C(C)(C(C)=O)N3CCOCC3)ccc21. The van der Waals surface area contributed by atoms with Crippen LogP contribution in [0, 0.1) is 0 Å². The molecule has 2 aromatic carbocycles. The minimum Gasteiger partial charge on any atom is -0.379 e. The highest BCUT2D eigenvalue weighted by Gasteiger charge is 2.41. The first-order valence-corrected chi connectivity index (χ1v) is 14.5. The molecule has 0 spiro atoms. The number of aryl methyl sites for hydroxylation is 1. The molecular weight excluding hydrogens is 490 g/mol. The van der Waals surface area contributed by atoms with Gasteiger partial charge < -0.3 is 14.0 Å². The summed E-state index contributed by atoms with van der Waals surface area (Å²) >= 11 is 0. The molecule has 2 unspecified atom stereocenters. The van der Waals surface area contributed by atoms with E-state index in [1.165, 1.54) is 11.0 Å². The molecule has 0 amide bonds. The van der Waals surface area contributed by atoms with Gasteiger partial charge in [0.15, 0.2) is 11.6 Å². The molecular formula is C32H43N3O4. The highest BCUT2D eigenvalue weighted by atomic mass is 16.5. The van der Waals surface area contributed by atoms with Crippen molar-refractivity contribution in [2.24, 2.45) is 0 Å². The third-order valence-electron chi connectivity index (χ3n) is 9.38. The van der Waals surface area contributed by atoms with Gasteiger partial charge in [0.05, 0.1) is 26.4 Å². The maximum Gasteiger partial charge on any atom is 0.154 e. The summed E-state index contributed by atoms with van der Waals surface area (Å²) < 4.78 is 13.6. The van der Waals surface area contributed by atoms with E-state index in [-0.39, 0.29) is 11.6 Å². The second-order valence-electron chi connectivity index (χ2n) is 11.4. The van der Waals surface area contributed by atoms with Gasteiger partial charge in [0, 0.05) is 54.5 Å². The number of carbonyl (C=O) groups is 2. The van der Waals surface area contributed by atoms with Crippen molar-refractivity contribution in [3.05, 3.63) is 47.5 Å². The summed E-state index contributed by atoms with van der Waals surface area (Å²) in [5.74, 6) is 0.270. The van der Waals surface area contributed by atoms with Crippen molar-refractivity contribution >= 4 is 33.4 Å². The van der Waals surface area contributed by atoms with Crippen LogP contribution >= 0.6 is 0 Å². The number of rotatable bonds is 9. The highest BCUT2D eigenvalue weighted by Crippen LogP contribution is 2.39. The van der Waals surface area contributed by atoms with Gasteiger partial charge in [-0.1, -0.05) is 25.5 Å². The van der Waals surface area contributed by atoms with E-state index in [0.29, 0.717) is 26.4 Å². The average molecular weight is 534 g/mol. The van der Waals surface area contributed by atoms with Crippen molar-refractivity contribution in [1.82, 2.24) is 14.4 Å². The summed E-state index contributed by atoms with van der Waals surface area (Å²) in [6, 6.07) is 13.1. The number of carbonyl (C=O) groups excluding carboxylic acids is 2. The Labute approximate surface area is 232 Å². The molecule has 1 aromatic heterocycles. The van der Waals surface area contributed by atoms with Gasteiger partial charge in [-0.2, -0.15) is 0 Å². The van der Waals surface area contributed by atoms with Gasteiger partial charge in [-0.3, -0.25) is 19.4 Å². The normalized spacial score (nSPS) is 20.6. The first kappa shape index (κ1) is 28.0. The van der Waals surface area contributed by atoms with Crippen LogP contribution in [0.25, 0.3) is 21.8 Å². The minimum absolute atomic E-state index is 0.135. The van der Waals surface area contributed by atoms with Gasteiger partial charge in [0.1, 0.15) is 11.1 Å². The molecule has 0 N–H and O–H groups in total. The van der Waals surface area contributed by atoms with E-state index in [2.05, 4.69) is 71.5 Å². The Kier molecular flexibility index (Phi) is 7.98. The maximum atomic E-state index is 13.2. The topological polar surface area (TPSA) is 64.0 Å². The largest absolute Gasteiger partial charge is 0.379 e. The molecule has 39 heavy (non-hydrogen) atoms. The lowest BCUT2D eigenvalue weighted by atomic mass is 9.84. The second kappa shape index (κ2) is 11.1. The quantitative estimate of drug-likeness (QED) is 0.391. The van der Waals surface area contributed by atoms with Crippen LogP contribution in [0.3, 0.4) is 0 Å². The van der Waals surface area contributed by atoms with Crippen LogP contribution < -0.4 is 0 Å². The summed E-state index contributed by atoms with van der Waals surface area (Å²) in [6.45, 7) is 16.1. The van der Waals surface area contributed by atoms with E-state index in [1.54, 1.807) is 13.8 Å². The van der Waals surface area contributed by atoms with Gasteiger partial charge in [0.25, 0.3) is 0 Å². The van der Waals surface area contributed by atoms with Crippen molar-refractivity contribution in [2.75, 3.05) is 52.6 Å². The predicted octanol–water partition coefficient (Wildman–Crippen LogP) is 4.87. The van der Waals surface area contributed by atoms with Crippen LogP contribution in [-0.4, -0.2) is 78.5 Å². The number of fused-ring (bicyclic) bond motifs is 3. The summed E-state index contributed by atoms with van der Waals surface area (Å²) in [5.41, 5.74) is 2.90. The number of unbranched alkanes of at least 4 members (excludes halogenated alkanes) is 1. The summed E-state index contributed by atoms with van der Waals surface area (Å²) in [7, 11) is 0. The molecule has 7 nitrogen and oxygen atoms in total. The number of hydrogen-bond acceptors (Lipinski definition) is 6. The summed E-state index contributed by atoms with van der Waals surface area (Å²) in [5, 5.41) is 2.27. The number of hydrogen-bond donors (Lipinski definition) is 0. The number of Topliss-reactive ketones (excluding diaryl/α,β-unsaturated/α-hetero) is 2. The third-order valence-corrected chi connectivity index (χ3v) is 9.38. The van der Waals surface area contributed by atoms with E-state index in [0.717, 1.165) is 67.5 Å². The van der Waals surface area contributed by atoms with Crippen LogP contribution in [0.4, 0.5) is 0 Å². The van der Waals surface area contributed by atoms with E-state index in [4.69, 9.17) is 9.47 Å². The van der Waals surface area contributed by atoms with E-state index in [9.17, 15) is 9.59 Å². The molecule has 0 bridgehead atoms. The number of nitrogens with zero attached hydrogens (tertiary/aromatic N) is 3. The van der Waals surface area contributed by atoms with Crippen molar-refractivity contribution < 1.29 is 19.1 Å². The van der Waals surface area contributed by atoms with Crippen molar-refractivity contribution in [3.63, 3.8) is 0 Å². The van der Waals surface area contributed by atoms with Gasteiger partial charge in [-0.05, 0) is 69.5 Å². The summed E-state index contributed by atoms with van der Waals surface area (Å²) in [6.07, 6.45) is 2.19. The molecule has 2 saturated heterocycles. The molecule has 210 valence electrons. The van der Waals surface area contributed by atoms with Crippen LogP contribution in [0.1, 0.15) is 58.6 Å². The molecule has 3 heterocycles. The third kappa shape index (κ3) is 4.73. The fourth-order valence-electron chi connectivity index (χ4n) is 6.50. The zero-order valence-electron chi connectivity index (χ0n) is 24.2. The van der Waals surface area contributed by atoms with Crippen molar-refractivity contribution in [3.8, 4) is 0 Å². The van der Waals surface area contributed by atoms with Crippen LogP contribution in [0.5, 0.6) is 0 Å². The predicted molar refractivity (Wildman–Crippen MR) is 155 cm³/mol. The second-order valence-corrected chi connectivity index (χ2v) is 11.4. The monoisotopic (exact) mass is 533 g/mol. The molecule has 7 heteroatoms. The van der Waals surface area contributed by atoms with Gasteiger partial charge in [-0.25, -0.2) is 0 Å². The molecule has 0 aliphatic carbocycles. The first-order chi connectivity index (χ1) is 18.7. The zero-order valence-corrected chi connectivity index (χ0v) is 24.2. The molecule has 2 atom stereocenters. The Hall–Kier alpha value is -2.58. The Morgan fingerprint density at radius 3 is 1.51 bits per heavy atom. The molecule has 2 aliphatic rings. The zero-order chi connectivity index (χ0) is 27.8. The minimum atomic E-state index is -0.727. The van der Waals surface area contributed by atoms with E-state index < -0.39 is 11.1 Å². The number of morpholine rings is 2. The smallest absolute Gasteiger partial charge is 0.154 e.